The van der Waals surface area contributed by atoms with Gasteiger partial charge in [0.05, 0.1) is 151 Å². The van der Waals surface area contributed by atoms with Crippen molar-refractivity contribution in [1.82, 2.24) is 20.3 Å². The van der Waals surface area contributed by atoms with Crippen molar-refractivity contribution in [3.63, 3.8) is 0 Å². The van der Waals surface area contributed by atoms with Crippen LogP contribution in [0.25, 0.3) is 17.2 Å². The van der Waals surface area contributed by atoms with Gasteiger partial charge in [0, 0.05) is 60.4 Å². The fraction of sp³-hybridized carbons (Fsp3) is 0.627. The third-order valence-electron chi connectivity index (χ3n) is 9.78. The predicted octanol–water partition coefficient (Wildman–Crippen LogP) is 3.49. The SMILES string of the molecule is CCCN(OC/C(N)=C/C=N)C(=O)C1=Cc2ccc(-c3cnc(CNC(=O)CCOCCOCCOCCOCCOCCOCCOCCOCCOCCOCCC(=O)OC(C)(C)C)nc3)cc2N=C(N)C1. The van der Waals surface area contributed by atoms with Gasteiger partial charge in [-0.05, 0) is 51.0 Å². The molecule has 6 N–H and O–H groups in total. The molecule has 0 unspecified atom stereocenters. The lowest BCUT2D eigenvalue weighted by Crippen LogP contribution is -2.35. The number of benzene rings is 1. The Morgan fingerprint density at radius 1 is 0.703 bits per heavy atom. The second kappa shape index (κ2) is 39.2. The Morgan fingerprint density at radius 2 is 1.18 bits per heavy atom. The zero-order valence-electron chi connectivity index (χ0n) is 43.8. The fourth-order valence-electron chi connectivity index (χ4n) is 6.26. The third kappa shape index (κ3) is 30.2. The van der Waals surface area contributed by atoms with Gasteiger partial charge in [-0.2, -0.15) is 0 Å². The van der Waals surface area contributed by atoms with E-state index in [-0.39, 0.29) is 62.6 Å². The Bertz CT molecular complexity index is 2000. The highest BCUT2D eigenvalue weighted by molar-refractivity contribution is 6.05. The fourth-order valence-corrected chi connectivity index (χ4v) is 6.26. The van der Waals surface area contributed by atoms with Crippen LogP contribution in [-0.2, 0) is 77.9 Å². The Hall–Kier alpha value is -5.31. The first-order chi connectivity index (χ1) is 35.9. The maximum atomic E-state index is 13.5. The number of hydrogen-bond acceptors (Lipinski definition) is 21. The molecule has 23 heteroatoms. The van der Waals surface area contributed by atoms with E-state index >= 15 is 0 Å². The minimum Gasteiger partial charge on any atom is -0.460 e. The molecule has 74 heavy (non-hydrogen) atoms. The van der Waals surface area contributed by atoms with Crippen molar-refractivity contribution in [1.29, 1.82) is 5.41 Å². The van der Waals surface area contributed by atoms with Crippen LogP contribution >= 0.6 is 0 Å². The number of hydroxylamine groups is 2. The van der Waals surface area contributed by atoms with Gasteiger partial charge in [0.1, 0.15) is 23.9 Å². The zero-order valence-corrected chi connectivity index (χ0v) is 43.8. The minimum atomic E-state index is -0.489. The molecule has 1 aromatic carbocycles. The molecule has 3 rings (SSSR count). The summed E-state index contributed by atoms with van der Waals surface area (Å²) in [6.07, 6.45) is 8.74. The monoisotopic (exact) mass is 1040 g/mol. The van der Waals surface area contributed by atoms with Crippen molar-refractivity contribution >= 4 is 41.6 Å². The quantitative estimate of drug-likeness (QED) is 0.0320. The van der Waals surface area contributed by atoms with Crippen LogP contribution in [0.1, 0.15) is 64.8 Å². The summed E-state index contributed by atoms with van der Waals surface area (Å²) in [5.41, 5.74) is 15.2. The molecule has 23 nitrogen and oxygen atoms in total. The van der Waals surface area contributed by atoms with E-state index in [1.54, 1.807) is 18.5 Å². The van der Waals surface area contributed by atoms with Crippen molar-refractivity contribution in [3.8, 4) is 11.1 Å². The van der Waals surface area contributed by atoms with Crippen LogP contribution in [0.5, 0.6) is 0 Å². The first-order valence-corrected chi connectivity index (χ1v) is 25.0. The highest BCUT2D eigenvalue weighted by atomic mass is 16.7. The van der Waals surface area contributed by atoms with Gasteiger partial charge in [0.25, 0.3) is 5.91 Å². The topological polar surface area (TPSA) is 291 Å². The number of amides is 2. The number of aliphatic imine (C=N–C) groups is 1. The number of aromatic nitrogens is 2. The molecule has 0 aliphatic carbocycles. The van der Waals surface area contributed by atoms with E-state index in [1.807, 2.05) is 45.9 Å². The van der Waals surface area contributed by atoms with Crippen molar-refractivity contribution < 1.29 is 71.3 Å². The lowest BCUT2D eigenvalue weighted by atomic mass is 10.0. The van der Waals surface area contributed by atoms with Crippen LogP contribution < -0.4 is 16.8 Å². The normalized spacial score (nSPS) is 12.7. The molecule has 0 bridgehead atoms. The van der Waals surface area contributed by atoms with E-state index in [4.69, 9.17) is 73.8 Å². The first-order valence-electron chi connectivity index (χ1n) is 25.0. The highest BCUT2D eigenvalue weighted by Gasteiger charge is 2.23. The molecule has 0 radical (unpaired) electrons. The predicted molar refractivity (Wildman–Crippen MR) is 275 cm³/mol. The van der Waals surface area contributed by atoms with Crippen molar-refractivity contribution in [3.05, 3.63) is 59.3 Å². The average molecular weight is 1050 g/mol. The van der Waals surface area contributed by atoms with Crippen LogP contribution in [0.3, 0.4) is 0 Å². The molecule has 1 aromatic heterocycles. The lowest BCUT2D eigenvalue weighted by Gasteiger charge is -2.22. The number of carbonyl (C=O) groups is 3. The van der Waals surface area contributed by atoms with Crippen LogP contribution in [0, 0.1) is 5.41 Å². The van der Waals surface area contributed by atoms with E-state index in [9.17, 15) is 14.4 Å². The Morgan fingerprint density at radius 3 is 1.64 bits per heavy atom. The number of nitrogens with one attached hydrogen (secondary N) is 2. The number of fused-ring (bicyclic) bond motifs is 1. The molecule has 0 atom stereocenters. The smallest absolute Gasteiger partial charge is 0.308 e. The Labute approximate surface area is 435 Å². The number of hydrogen-bond donors (Lipinski definition) is 4. The van der Waals surface area contributed by atoms with Crippen LogP contribution in [-0.4, -0.2) is 196 Å². The lowest BCUT2D eigenvalue weighted by molar-refractivity contribution is -0.178. The average Bonchev–Trinajstić information content (AvgIpc) is 3.54. The van der Waals surface area contributed by atoms with E-state index in [0.717, 1.165) is 17.3 Å². The van der Waals surface area contributed by atoms with E-state index in [0.29, 0.717) is 167 Å². The molecule has 1 aliphatic heterocycles. The maximum Gasteiger partial charge on any atom is 0.308 e. The van der Waals surface area contributed by atoms with Crippen molar-refractivity contribution in [2.75, 3.05) is 145 Å². The molecule has 0 spiro atoms. The standard InChI is InChI=1S/C51H80N8O15/c1-5-12-59(73-39-44(53)8-11-52)50(62)42-33-41-7-6-40(34-45(41)58-46(54)35-42)43-36-55-47(56-37-43)38-57-48(60)9-13-63-15-17-65-19-21-67-23-25-69-27-29-71-31-32-72-30-28-70-26-24-68-22-20-66-18-16-64-14-10-49(61)74-51(2,3)4/h6-8,11,33-34,36-37,52H,5,9-10,12-32,35,38-39,53H2,1-4H3,(H2,54,58)(H,57,60)/b44-8-,52-11?. The van der Waals surface area contributed by atoms with E-state index < -0.39 is 5.60 Å². The van der Waals surface area contributed by atoms with Gasteiger partial charge in [-0.15, -0.1) is 0 Å². The second-order valence-corrected chi connectivity index (χ2v) is 17.2. The van der Waals surface area contributed by atoms with Crippen LogP contribution in [0.15, 0.2) is 52.9 Å². The maximum absolute atomic E-state index is 13.5. The number of rotatable bonds is 43. The highest BCUT2D eigenvalue weighted by Crippen LogP contribution is 2.32. The minimum absolute atomic E-state index is 0.0344. The summed E-state index contributed by atoms with van der Waals surface area (Å²) in [6.45, 7) is 16.3. The van der Waals surface area contributed by atoms with E-state index in [2.05, 4.69) is 20.3 Å². The number of allylic oxidation sites excluding steroid dienone is 1. The van der Waals surface area contributed by atoms with E-state index in [1.165, 1.54) is 11.1 Å². The van der Waals surface area contributed by atoms with Crippen molar-refractivity contribution in [2.24, 2.45) is 16.5 Å². The second-order valence-electron chi connectivity index (χ2n) is 17.2. The summed E-state index contributed by atoms with van der Waals surface area (Å²) in [5.74, 6) is -0.0954. The number of esters is 1. The van der Waals surface area contributed by atoms with Gasteiger partial charge in [0.2, 0.25) is 5.91 Å². The van der Waals surface area contributed by atoms with Gasteiger partial charge in [-0.3, -0.25) is 19.2 Å². The Balaban J connectivity index is 1.09. The summed E-state index contributed by atoms with van der Waals surface area (Å²) in [7, 11) is 0. The summed E-state index contributed by atoms with van der Waals surface area (Å²) >= 11 is 0. The molecule has 0 saturated carbocycles. The van der Waals surface area contributed by atoms with Gasteiger partial charge >= 0.3 is 5.97 Å². The number of amidine groups is 1. The summed E-state index contributed by atoms with van der Waals surface area (Å²) in [4.78, 5) is 56.6. The molecule has 2 heterocycles. The molecular formula is C51H80N8O15. The number of carbonyl (C=O) groups excluding carboxylic acids is 3. The van der Waals surface area contributed by atoms with Gasteiger partial charge < -0.3 is 74.3 Å². The molecule has 0 saturated heterocycles. The van der Waals surface area contributed by atoms with Gasteiger partial charge in [0.15, 0.2) is 0 Å². The molecule has 1 aliphatic rings. The van der Waals surface area contributed by atoms with Gasteiger partial charge in [-0.25, -0.2) is 20.0 Å². The summed E-state index contributed by atoms with van der Waals surface area (Å²) in [5, 5.41) is 11.2. The molecule has 0 fully saturated rings. The van der Waals surface area contributed by atoms with Crippen molar-refractivity contribution in [2.45, 2.75) is 65.5 Å². The summed E-state index contributed by atoms with van der Waals surface area (Å²) < 4.78 is 60.1. The Kier molecular flexibility index (Phi) is 33.3. The number of nitrogens with two attached hydrogens (primary N) is 2. The summed E-state index contributed by atoms with van der Waals surface area (Å²) in [6, 6.07) is 5.59. The molecule has 2 aromatic rings. The molecule has 2 amide bonds. The van der Waals surface area contributed by atoms with Crippen LogP contribution in [0.2, 0.25) is 0 Å². The number of nitrogens with zero attached hydrogens (tertiary/aromatic N) is 4. The van der Waals surface area contributed by atoms with Gasteiger partial charge in [-0.1, -0.05) is 19.1 Å². The number of ether oxygens (including phenoxy) is 11. The zero-order chi connectivity index (χ0) is 53.5. The molecular weight excluding hydrogens is 965 g/mol. The third-order valence-corrected chi connectivity index (χ3v) is 9.78. The molecule has 414 valence electrons. The van der Waals surface area contributed by atoms with Crippen LogP contribution in [0.4, 0.5) is 5.69 Å². The largest absolute Gasteiger partial charge is 0.460 e. The first kappa shape index (κ1) is 63.0.